The number of thioether (sulfide) groups is 1. The highest BCUT2D eigenvalue weighted by molar-refractivity contribution is 9.10. The Morgan fingerprint density at radius 1 is 1.06 bits per heavy atom. The Hall–Kier alpha value is -2.05. The van der Waals surface area contributed by atoms with Crippen molar-refractivity contribution >= 4 is 44.9 Å². The van der Waals surface area contributed by atoms with Crippen molar-refractivity contribution in [3.05, 3.63) is 68.5 Å². The van der Waals surface area contributed by atoms with Gasteiger partial charge in [-0.15, -0.1) is 0 Å². The molecule has 1 saturated heterocycles. The second-order valence-corrected chi connectivity index (χ2v) is 12.4. The van der Waals surface area contributed by atoms with Crippen LogP contribution in [-0.4, -0.2) is 23.2 Å². The molecule has 0 N–H and O–H groups in total. The number of carbonyl (C=O) groups is 2. The summed E-state index contributed by atoms with van der Waals surface area (Å²) in [6.45, 7) is 0.258. The zero-order valence-corrected chi connectivity index (χ0v) is 21.7. The normalized spacial score (nSPS) is 31.1. The van der Waals surface area contributed by atoms with Gasteiger partial charge in [0.05, 0.1) is 18.6 Å². The minimum absolute atomic E-state index is 0.233. The predicted octanol–water partition coefficient (Wildman–Crippen LogP) is 7.16. The van der Waals surface area contributed by atoms with Crippen molar-refractivity contribution in [3.63, 3.8) is 0 Å². The number of methoxy groups -OCH3 is 1. The van der Waals surface area contributed by atoms with Crippen molar-refractivity contribution in [2.75, 3.05) is 7.11 Å². The van der Waals surface area contributed by atoms with E-state index in [2.05, 4.69) is 28.1 Å². The number of halogens is 1. The SMILES string of the molecule is COc1ccc(C23CC4CC(CC(C4)C2)C3)cc1/C=C1\SC(=O)N(Cc2ccccc2Br)C1=O. The van der Waals surface area contributed by atoms with Crippen molar-refractivity contribution < 1.29 is 14.3 Å². The van der Waals surface area contributed by atoms with E-state index >= 15 is 0 Å². The fourth-order valence-corrected chi connectivity index (χ4v) is 8.46. The average molecular weight is 539 g/mol. The predicted molar refractivity (Wildman–Crippen MR) is 138 cm³/mol. The van der Waals surface area contributed by atoms with Crippen LogP contribution in [0, 0.1) is 17.8 Å². The fourth-order valence-electron chi connectivity index (χ4n) is 7.22. The Morgan fingerprint density at radius 2 is 1.74 bits per heavy atom. The number of hydrogen-bond donors (Lipinski definition) is 0. The first kappa shape index (κ1) is 22.4. The first-order valence-electron chi connectivity index (χ1n) is 12.1. The molecule has 34 heavy (non-hydrogen) atoms. The maximum Gasteiger partial charge on any atom is 0.293 e. The zero-order valence-electron chi connectivity index (χ0n) is 19.3. The van der Waals surface area contributed by atoms with Crippen molar-refractivity contribution in [1.29, 1.82) is 0 Å². The highest BCUT2D eigenvalue weighted by Crippen LogP contribution is 2.61. The summed E-state index contributed by atoms with van der Waals surface area (Å²) >= 11 is 4.53. The van der Waals surface area contributed by atoms with Crippen LogP contribution in [-0.2, 0) is 16.8 Å². The summed E-state index contributed by atoms with van der Waals surface area (Å²) in [5.41, 5.74) is 3.45. The Labute approximate surface area is 213 Å². The number of benzene rings is 2. The Balaban J connectivity index is 1.31. The third-order valence-electron chi connectivity index (χ3n) is 8.33. The topological polar surface area (TPSA) is 46.6 Å². The van der Waals surface area contributed by atoms with Crippen LogP contribution < -0.4 is 4.74 Å². The highest BCUT2D eigenvalue weighted by atomic mass is 79.9. The molecule has 2 aromatic carbocycles. The minimum atomic E-state index is -0.243. The van der Waals surface area contributed by atoms with Gasteiger partial charge in [-0.1, -0.05) is 40.2 Å². The summed E-state index contributed by atoms with van der Waals surface area (Å²) in [5.74, 6) is 3.10. The molecule has 4 nitrogen and oxygen atoms in total. The van der Waals surface area contributed by atoms with E-state index in [-0.39, 0.29) is 23.1 Å². The van der Waals surface area contributed by atoms with Crippen LogP contribution in [0.15, 0.2) is 51.8 Å². The van der Waals surface area contributed by atoms with E-state index in [1.54, 1.807) is 7.11 Å². The van der Waals surface area contributed by atoms with Gasteiger partial charge in [-0.25, -0.2) is 0 Å². The lowest BCUT2D eigenvalue weighted by Gasteiger charge is -2.57. The molecule has 5 fully saturated rings. The highest BCUT2D eigenvalue weighted by Gasteiger charge is 2.51. The van der Waals surface area contributed by atoms with Gasteiger partial charge in [0.2, 0.25) is 0 Å². The van der Waals surface area contributed by atoms with E-state index in [1.807, 2.05) is 36.4 Å². The van der Waals surface area contributed by atoms with Gasteiger partial charge in [0.25, 0.3) is 11.1 Å². The smallest absolute Gasteiger partial charge is 0.293 e. The molecule has 0 aromatic heterocycles. The third-order valence-corrected chi connectivity index (χ3v) is 10.0. The summed E-state index contributed by atoms with van der Waals surface area (Å²) in [4.78, 5) is 27.7. The largest absolute Gasteiger partial charge is 0.496 e. The second-order valence-electron chi connectivity index (χ2n) is 10.5. The molecule has 4 bridgehead atoms. The first-order chi connectivity index (χ1) is 16.4. The zero-order chi connectivity index (χ0) is 23.4. The van der Waals surface area contributed by atoms with E-state index < -0.39 is 0 Å². The lowest BCUT2D eigenvalue weighted by atomic mass is 9.48. The lowest BCUT2D eigenvalue weighted by Crippen LogP contribution is -2.48. The average Bonchev–Trinajstić information content (AvgIpc) is 3.07. The lowest BCUT2D eigenvalue weighted by molar-refractivity contribution is -0.123. The fraction of sp³-hybridized carbons (Fsp3) is 0.429. The van der Waals surface area contributed by atoms with Gasteiger partial charge in [0.15, 0.2) is 0 Å². The number of nitrogens with zero attached hydrogens (tertiary/aromatic N) is 1. The van der Waals surface area contributed by atoms with E-state index in [9.17, 15) is 9.59 Å². The summed E-state index contributed by atoms with van der Waals surface area (Å²) in [7, 11) is 1.66. The Kier molecular flexibility index (Phi) is 5.64. The molecule has 1 heterocycles. The summed E-state index contributed by atoms with van der Waals surface area (Å²) in [6.07, 6.45) is 9.94. The van der Waals surface area contributed by atoms with Crippen molar-refractivity contribution in [3.8, 4) is 5.75 Å². The molecule has 176 valence electrons. The number of rotatable bonds is 5. The second kappa shape index (κ2) is 8.56. The van der Waals surface area contributed by atoms with E-state index in [0.29, 0.717) is 4.91 Å². The van der Waals surface area contributed by atoms with Crippen molar-refractivity contribution in [1.82, 2.24) is 4.90 Å². The third kappa shape index (κ3) is 3.83. The van der Waals surface area contributed by atoms with E-state index in [1.165, 1.54) is 49.0 Å². The molecule has 7 rings (SSSR count). The van der Waals surface area contributed by atoms with Crippen LogP contribution in [0.4, 0.5) is 4.79 Å². The summed E-state index contributed by atoms with van der Waals surface area (Å²) in [6, 6.07) is 14.2. The molecule has 5 aliphatic rings. The monoisotopic (exact) mass is 537 g/mol. The Bertz CT molecular complexity index is 1170. The number of hydrogen-bond acceptors (Lipinski definition) is 4. The van der Waals surface area contributed by atoms with Gasteiger partial charge in [-0.05, 0) is 109 Å². The molecule has 0 atom stereocenters. The molecule has 2 aromatic rings. The van der Waals surface area contributed by atoms with Crippen LogP contribution in [0.1, 0.15) is 55.2 Å². The summed E-state index contributed by atoms with van der Waals surface area (Å²) in [5, 5.41) is -0.233. The van der Waals surface area contributed by atoms with Gasteiger partial charge in [-0.2, -0.15) is 0 Å². The molecular weight excluding hydrogens is 510 g/mol. The van der Waals surface area contributed by atoms with Crippen LogP contribution >= 0.6 is 27.7 Å². The molecule has 0 radical (unpaired) electrons. The van der Waals surface area contributed by atoms with Gasteiger partial charge in [0, 0.05) is 10.0 Å². The van der Waals surface area contributed by atoms with Crippen LogP contribution in [0.3, 0.4) is 0 Å². The quantitative estimate of drug-likeness (QED) is 0.379. The number of carbonyl (C=O) groups excluding carboxylic acids is 2. The number of amides is 2. The molecule has 6 heteroatoms. The molecule has 2 amide bonds. The van der Waals surface area contributed by atoms with Gasteiger partial charge >= 0.3 is 0 Å². The van der Waals surface area contributed by atoms with Crippen LogP contribution in [0.5, 0.6) is 5.75 Å². The number of imide groups is 1. The molecule has 4 aliphatic carbocycles. The maximum atomic E-state index is 13.2. The van der Waals surface area contributed by atoms with Crippen LogP contribution in [0.25, 0.3) is 6.08 Å². The molecule has 4 saturated carbocycles. The minimum Gasteiger partial charge on any atom is -0.496 e. The Morgan fingerprint density at radius 3 is 2.38 bits per heavy atom. The van der Waals surface area contributed by atoms with Gasteiger partial charge in [-0.3, -0.25) is 14.5 Å². The van der Waals surface area contributed by atoms with Crippen molar-refractivity contribution in [2.24, 2.45) is 17.8 Å². The standard InChI is InChI=1S/C28H28BrNO3S/c1-33-24-7-6-22(28-13-17-8-18(14-28)10-19(9-17)15-28)11-21(24)12-25-26(31)30(27(32)34-25)16-20-4-2-3-5-23(20)29/h2-7,11-12,17-19H,8-10,13-16H2,1H3/b25-12-. The first-order valence-corrected chi connectivity index (χ1v) is 13.7. The summed E-state index contributed by atoms with van der Waals surface area (Å²) < 4.78 is 6.55. The molecule has 1 aliphatic heterocycles. The van der Waals surface area contributed by atoms with Crippen molar-refractivity contribution in [2.45, 2.75) is 50.5 Å². The molecule has 0 unspecified atom stereocenters. The maximum absolute atomic E-state index is 13.2. The number of ether oxygens (including phenoxy) is 1. The van der Waals surface area contributed by atoms with E-state index in [4.69, 9.17) is 4.74 Å². The molecular formula is C28H28BrNO3S. The van der Waals surface area contributed by atoms with Crippen LogP contribution in [0.2, 0.25) is 0 Å². The van der Waals surface area contributed by atoms with Gasteiger partial charge < -0.3 is 4.74 Å². The van der Waals surface area contributed by atoms with E-state index in [0.717, 1.165) is 50.9 Å². The molecule has 0 spiro atoms. The van der Waals surface area contributed by atoms with Gasteiger partial charge in [0.1, 0.15) is 5.75 Å².